The minimum atomic E-state index is -0.571. The molecule has 0 unspecified atom stereocenters. The molecule has 1 aromatic heterocycles. The lowest BCUT2D eigenvalue weighted by Gasteiger charge is -2.19. The van der Waals surface area contributed by atoms with Crippen LogP contribution in [0.4, 0.5) is 10.5 Å². The highest BCUT2D eigenvalue weighted by atomic mass is 16.6. The molecule has 94 valence electrons. The first-order valence-corrected chi connectivity index (χ1v) is 5.44. The number of ether oxygens (including phenoxy) is 1. The monoisotopic (exact) mass is 247 g/mol. The van der Waals surface area contributed by atoms with Crippen molar-refractivity contribution in [3.05, 3.63) is 29.4 Å². The normalized spacial score (nSPS) is 11.5. The molecule has 0 radical (unpaired) electrons. The third-order valence-electron chi connectivity index (χ3n) is 2.23. The molecule has 6 heteroatoms. The van der Waals surface area contributed by atoms with E-state index in [2.05, 4.69) is 10.2 Å². The maximum atomic E-state index is 11.9. The van der Waals surface area contributed by atoms with Crippen LogP contribution in [0.25, 0.3) is 11.0 Å². The maximum absolute atomic E-state index is 11.9. The van der Waals surface area contributed by atoms with Gasteiger partial charge < -0.3 is 4.74 Å². The fourth-order valence-electron chi connectivity index (χ4n) is 1.51. The van der Waals surface area contributed by atoms with Crippen LogP contribution in [0, 0.1) is 4.91 Å². The summed E-state index contributed by atoms with van der Waals surface area (Å²) in [4.78, 5) is 26.3. The number of hydrogen-bond donors (Lipinski definition) is 0. The molecule has 2 rings (SSSR count). The van der Waals surface area contributed by atoms with Crippen molar-refractivity contribution in [2.24, 2.45) is 5.18 Å². The van der Waals surface area contributed by atoms with Gasteiger partial charge in [0, 0.05) is 0 Å². The number of aromatic nitrogens is 2. The highest BCUT2D eigenvalue weighted by Gasteiger charge is 2.19. The zero-order chi connectivity index (χ0) is 13.3. The zero-order valence-electron chi connectivity index (χ0n) is 10.4. The first-order chi connectivity index (χ1) is 8.40. The van der Waals surface area contributed by atoms with Crippen LogP contribution in [-0.4, -0.2) is 21.2 Å². The number of imidazole rings is 1. The van der Waals surface area contributed by atoms with E-state index in [1.807, 2.05) is 0 Å². The number of hydrogen-bond acceptors (Lipinski definition) is 5. The smallest absolute Gasteiger partial charge is 0.420 e. The Kier molecular flexibility index (Phi) is 2.86. The topological polar surface area (TPSA) is 73.6 Å². The quantitative estimate of drug-likeness (QED) is 0.725. The van der Waals surface area contributed by atoms with Gasteiger partial charge in [-0.1, -0.05) is 0 Å². The van der Waals surface area contributed by atoms with E-state index >= 15 is 0 Å². The van der Waals surface area contributed by atoms with E-state index in [-0.39, 0.29) is 5.69 Å². The Morgan fingerprint density at radius 1 is 1.39 bits per heavy atom. The summed E-state index contributed by atoms with van der Waals surface area (Å²) in [5.74, 6) is 0. The van der Waals surface area contributed by atoms with Gasteiger partial charge in [-0.25, -0.2) is 14.3 Å². The molecule has 0 saturated heterocycles. The van der Waals surface area contributed by atoms with Gasteiger partial charge in [0.15, 0.2) is 0 Å². The molecule has 0 aliphatic rings. The highest BCUT2D eigenvalue weighted by Crippen LogP contribution is 2.21. The summed E-state index contributed by atoms with van der Waals surface area (Å²) >= 11 is 0. The molecule has 18 heavy (non-hydrogen) atoms. The van der Waals surface area contributed by atoms with Crippen LogP contribution in [0.2, 0.25) is 0 Å². The van der Waals surface area contributed by atoms with Gasteiger partial charge in [-0.3, -0.25) is 0 Å². The summed E-state index contributed by atoms with van der Waals surface area (Å²) in [6.07, 6.45) is 0.865. The van der Waals surface area contributed by atoms with Crippen molar-refractivity contribution in [2.75, 3.05) is 0 Å². The largest absolute Gasteiger partial charge is 0.443 e. The first kappa shape index (κ1) is 12.2. The third kappa shape index (κ3) is 2.37. The molecule has 6 nitrogen and oxygen atoms in total. The van der Waals surface area contributed by atoms with Crippen molar-refractivity contribution in [1.29, 1.82) is 0 Å². The zero-order valence-corrected chi connectivity index (χ0v) is 10.4. The SMILES string of the molecule is CC(C)(C)OC(=O)n1cnc2cc(N=O)ccc21. The average molecular weight is 247 g/mol. The van der Waals surface area contributed by atoms with Crippen LogP contribution in [0.3, 0.4) is 0 Å². The van der Waals surface area contributed by atoms with E-state index in [1.54, 1.807) is 26.8 Å². The third-order valence-corrected chi connectivity index (χ3v) is 2.23. The van der Waals surface area contributed by atoms with Crippen LogP contribution in [0.1, 0.15) is 20.8 Å². The average Bonchev–Trinajstić information content (AvgIpc) is 2.69. The highest BCUT2D eigenvalue weighted by molar-refractivity contribution is 5.88. The van der Waals surface area contributed by atoms with Gasteiger partial charge in [-0.15, -0.1) is 4.91 Å². The second-order valence-corrected chi connectivity index (χ2v) is 4.86. The molecule has 0 N–H and O–H groups in total. The van der Waals surface area contributed by atoms with Crippen LogP contribution in [0.5, 0.6) is 0 Å². The van der Waals surface area contributed by atoms with Gasteiger partial charge in [0.2, 0.25) is 0 Å². The molecule has 2 aromatic rings. The summed E-state index contributed by atoms with van der Waals surface area (Å²) in [5.41, 5.74) is 0.810. The van der Waals surface area contributed by atoms with E-state index in [0.29, 0.717) is 11.0 Å². The molecule has 1 heterocycles. The summed E-state index contributed by atoms with van der Waals surface area (Å²) < 4.78 is 6.55. The lowest BCUT2D eigenvalue weighted by Crippen LogP contribution is -2.26. The van der Waals surface area contributed by atoms with Gasteiger partial charge in [0.1, 0.15) is 17.6 Å². The summed E-state index contributed by atoms with van der Waals surface area (Å²) in [6.45, 7) is 5.37. The minimum Gasteiger partial charge on any atom is -0.443 e. The molecule has 0 amide bonds. The molecule has 0 saturated carbocycles. The van der Waals surface area contributed by atoms with Crippen LogP contribution in [0.15, 0.2) is 29.7 Å². The fraction of sp³-hybridized carbons (Fsp3) is 0.333. The minimum absolute atomic E-state index is 0.275. The second-order valence-electron chi connectivity index (χ2n) is 4.86. The molecule has 0 atom stereocenters. The number of rotatable bonds is 1. The lowest BCUT2D eigenvalue weighted by atomic mass is 10.2. The van der Waals surface area contributed by atoms with Crippen molar-refractivity contribution in [3.63, 3.8) is 0 Å². The van der Waals surface area contributed by atoms with E-state index < -0.39 is 11.7 Å². The van der Waals surface area contributed by atoms with Crippen LogP contribution >= 0.6 is 0 Å². The number of benzene rings is 1. The van der Waals surface area contributed by atoms with Crippen molar-refractivity contribution in [1.82, 2.24) is 9.55 Å². The number of fused-ring (bicyclic) bond motifs is 1. The summed E-state index contributed by atoms with van der Waals surface area (Å²) in [7, 11) is 0. The predicted molar refractivity (Wildman–Crippen MR) is 66.8 cm³/mol. The van der Waals surface area contributed by atoms with Gasteiger partial charge >= 0.3 is 6.09 Å². The van der Waals surface area contributed by atoms with Crippen LogP contribution in [-0.2, 0) is 4.74 Å². The maximum Gasteiger partial charge on any atom is 0.420 e. The Bertz CT molecular complexity index is 611. The van der Waals surface area contributed by atoms with E-state index in [0.717, 1.165) is 0 Å². The Morgan fingerprint density at radius 3 is 2.72 bits per heavy atom. The van der Waals surface area contributed by atoms with Gasteiger partial charge in [-0.2, -0.15) is 0 Å². The first-order valence-electron chi connectivity index (χ1n) is 5.44. The number of carbonyl (C=O) groups is 1. The summed E-state index contributed by atoms with van der Waals surface area (Å²) in [6, 6.07) is 4.66. The lowest BCUT2D eigenvalue weighted by molar-refractivity contribution is 0.0543. The Labute approximate surface area is 104 Å². The van der Waals surface area contributed by atoms with Gasteiger partial charge in [-0.05, 0) is 44.1 Å². The second kappa shape index (κ2) is 4.21. The van der Waals surface area contributed by atoms with E-state index in [1.165, 1.54) is 23.0 Å². The molecule has 0 aliphatic heterocycles. The van der Waals surface area contributed by atoms with Gasteiger partial charge in [0.05, 0.1) is 11.0 Å². The van der Waals surface area contributed by atoms with Crippen LogP contribution < -0.4 is 0 Å². The van der Waals surface area contributed by atoms with Gasteiger partial charge in [0.25, 0.3) is 0 Å². The Morgan fingerprint density at radius 2 is 2.11 bits per heavy atom. The molecule has 0 fully saturated rings. The number of nitrogens with zero attached hydrogens (tertiary/aromatic N) is 3. The molecule has 0 bridgehead atoms. The number of nitroso groups, excluding NO2 is 1. The van der Waals surface area contributed by atoms with E-state index in [9.17, 15) is 9.70 Å². The fourth-order valence-corrected chi connectivity index (χ4v) is 1.51. The molecular weight excluding hydrogens is 234 g/mol. The number of carbonyl (C=O) groups excluding carboxylic acids is 1. The van der Waals surface area contributed by atoms with Crippen molar-refractivity contribution in [2.45, 2.75) is 26.4 Å². The van der Waals surface area contributed by atoms with Crippen molar-refractivity contribution in [3.8, 4) is 0 Å². The Balaban J connectivity index is 2.41. The van der Waals surface area contributed by atoms with E-state index in [4.69, 9.17) is 4.74 Å². The standard InChI is InChI=1S/C12H13N3O3/c1-12(2,3)18-11(16)15-7-13-9-6-8(14-17)4-5-10(9)15/h4-7H,1-3H3. The van der Waals surface area contributed by atoms with Crippen molar-refractivity contribution >= 4 is 22.8 Å². The predicted octanol–water partition coefficient (Wildman–Crippen LogP) is 3.22. The molecule has 0 spiro atoms. The Hall–Kier alpha value is -2.24. The van der Waals surface area contributed by atoms with Crippen molar-refractivity contribution < 1.29 is 9.53 Å². The molecular formula is C12H13N3O3. The molecule has 0 aliphatic carbocycles. The molecule has 1 aromatic carbocycles. The summed E-state index contributed by atoms with van der Waals surface area (Å²) in [5, 5.41) is 2.82.